The molecule has 1 aliphatic rings. The average Bonchev–Trinajstić information content (AvgIpc) is 3.25. The molecule has 3 atom stereocenters. The first-order valence-electron chi connectivity index (χ1n) is 9.44. The van der Waals surface area contributed by atoms with Crippen molar-refractivity contribution in [3.63, 3.8) is 0 Å². The summed E-state index contributed by atoms with van der Waals surface area (Å²) >= 11 is 0. The van der Waals surface area contributed by atoms with Crippen LogP contribution in [0.1, 0.15) is 78.1 Å². The van der Waals surface area contributed by atoms with Crippen molar-refractivity contribution in [2.75, 3.05) is 0 Å². The predicted octanol–water partition coefficient (Wildman–Crippen LogP) is 6.20. The minimum Gasteiger partial charge on any atom is -0.389 e. The number of unbranched alkanes of at least 4 members (excludes halogenated alkanes) is 4. The molecule has 0 aromatic heterocycles. The van der Waals surface area contributed by atoms with Gasteiger partial charge in [-0.15, -0.1) is 0 Å². The maximum atomic E-state index is 9.77. The second kappa shape index (κ2) is 12.7. The van der Waals surface area contributed by atoms with E-state index in [0.29, 0.717) is 0 Å². The van der Waals surface area contributed by atoms with Crippen molar-refractivity contribution in [1.29, 1.82) is 0 Å². The summed E-state index contributed by atoms with van der Waals surface area (Å²) in [5.74, 6) is 1.82. The third-order valence-electron chi connectivity index (χ3n) is 4.52. The van der Waals surface area contributed by atoms with Crippen LogP contribution in [-0.4, -0.2) is 11.2 Å². The Labute approximate surface area is 138 Å². The zero-order valence-corrected chi connectivity index (χ0v) is 14.7. The molecular formula is C21H36O. The standard InChI is InChI=1S/C21H36O/c1-3-5-7-8-11-14-19-18-20(19)15-12-9-13-17-21(22)16-10-6-4-2/h8-9,11-13,17,19-22H,3-7,10,14-16,18H2,1-2H3/b11-8-,12-9-,17-13+/t19-,20-,21-/m1/s1. The Kier molecular flexibility index (Phi) is 11.1. The third-order valence-corrected chi connectivity index (χ3v) is 4.52. The third kappa shape index (κ3) is 10.00. The van der Waals surface area contributed by atoms with E-state index in [1.165, 1.54) is 51.4 Å². The molecule has 0 aliphatic heterocycles. The molecule has 0 spiro atoms. The fourth-order valence-corrected chi connectivity index (χ4v) is 2.82. The number of hydrogen-bond acceptors (Lipinski definition) is 1. The van der Waals surface area contributed by atoms with Gasteiger partial charge in [0.25, 0.3) is 0 Å². The van der Waals surface area contributed by atoms with E-state index in [4.69, 9.17) is 0 Å². The smallest absolute Gasteiger partial charge is 0.0723 e. The van der Waals surface area contributed by atoms with Crippen LogP contribution in [0.3, 0.4) is 0 Å². The first-order valence-corrected chi connectivity index (χ1v) is 9.44. The van der Waals surface area contributed by atoms with Crippen LogP contribution in [0.15, 0.2) is 36.5 Å². The maximum absolute atomic E-state index is 9.77. The van der Waals surface area contributed by atoms with Gasteiger partial charge in [-0.2, -0.15) is 0 Å². The summed E-state index contributed by atoms with van der Waals surface area (Å²) in [6.45, 7) is 4.44. The molecule has 1 rings (SSSR count). The summed E-state index contributed by atoms with van der Waals surface area (Å²) in [5.41, 5.74) is 0. The molecule has 0 aromatic carbocycles. The van der Waals surface area contributed by atoms with E-state index in [1.807, 2.05) is 12.2 Å². The van der Waals surface area contributed by atoms with E-state index in [9.17, 15) is 5.11 Å². The normalized spacial score (nSPS) is 23.0. The predicted molar refractivity (Wildman–Crippen MR) is 97.9 cm³/mol. The van der Waals surface area contributed by atoms with E-state index >= 15 is 0 Å². The van der Waals surface area contributed by atoms with Gasteiger partial charge in [-0.25, -0.2) is 0 Å². The second-order valence-corrected chi connectivity index (χ2v) is 6.72. The summed E-state index contributed by atoms with van der Waals surface area (Å²) in [6.07, 6.45) is 25.0. The molecule has 126 valence electrons. The summed E-state index contributed by atoms with van der Waals surface area (Å²) in [5, 5.41) is 9.77. The molecule has 0 saturated heterocycles. The summed E-state index contributed by atoms with van der Waals surface area (Å²) < 4.78 is 0. The molecule has 1 N–H and O–H groups in total. The van der Waals surface area contributed by atoms with E-state index in [-0.39, 0.29) is 6.10 Å². The van der Waals surface area contributed by atoms with Crippen LogP contribution in [0, 0.1) is 11.8 Å². The zero-order valence-electron chi connectivity index (χ0n) is 14.7. The first-order chi connectivity index (χ1) is 10.8. The van der Waals surface area contributed by atoms with Gasteiger partial charge >= 0.3 is 0 Å². The molecule has 0 bridgehead atoms. The molecule has 22 heavy (non-hydrogen) atoms. The molecule has 0 amide bonds. The Bertz CT molecular complexity index is 340. The quantitative estimate of drug-likeness (QED) is 0.244. The Morgan fingerprint density at radius 3 is 2.36 bits per heavy atom. The van der Waals surface area contributed by atoms with E-state index in [1.54, 1.807) is 0 Å². The highest BCUT2D eigenvalue weighted by molar-refractivity contribution is 5.07. The maximum Gasteiger partial charge on any atom is 0.0723 e. The van der Waals surface area contributed by atoms with Gasteiger partial charge in [0.2, 0.25) is 0 Å². The highest BCUT2D eigenvalue weighted by Crippen LogP contribution is 2.44. The Morgan fingerprint density at radius 1 is 0.909 bits per heavy atom. The number of rotatable bonds is 13. The minimum absolute atomic E-state index is 0.266. The topological polar surface area (TPSA) is 20.2 Å². The molecule has 0 heterocycles. The number of aliphatic hydroxyl groups is 1. The van der Waals surface area contributed by atoms with Crippen molar-refractivity contribution in [1.82, 2.24) is 0 Å². The van der Waals surface area contributed by atoms with Crippen LogP contribution < -0.4 is 0 Å². The van der Waals surface area contributed by atoms with Gasteiger partial charge in [0.1, 0.15) is 0 Å². The first kappa shape index (κ1) is 19.2. The van der Waals surface area contributed by atoms with Crippen molar-refractivity contribution in [2.45, 2.75) is 84.2 Å². The number of aliphatic hydroxyl groups excluding tert-OH is 1. The second-order valence-electron chi connectivity index (χ2n) is 6.72. The lowest BCUT2D eigenvalue weighted by Crippen LogP contribution is -2.00. The monoisotopic (exact) mass is 304 g/mol. The van der Waals surface area contributed by atoms with Crippen molar-refractivity contribution >= 4 is 0 Å². The zero-order chi connectivity index (χ0) is 16.0. The van der Waals surface area contributed by atoms with Gasteiger partial charge in [0.15, 0.2) is 0 Å². The lowest BCUT2D eigenvalue weighted by atomic mass is 10.1. The van der Waals surface area contributed by atoms with Crippen molar-refractivity contribution in [2.24, 2.45) is 11.8 Å². The summed E-state index contributed by atoms with van der Waals surface area (Å²) in [6, 6.07) is 0. The van der Waals surface area contributed by atoms with Gasteiger partial charge in [-0.1, -0.05) is 82.4 Å². The van der Waals surface area contributed by atoms with Gasteiger partial charge in [-0.05, 0) is 43.9 Å². The van der Waals surface area contributed by atoms with Crippen LogP contribution in [0.5, 0.6) is 0 Å². The molecule has 1 nitrogen and oxygen atoms in total. The van der Waals surface area contributed by atoms with E-state index < -0.39 is 0 Å². The molecular weight excluding hydrogens is 268 g/mol. The van der Waals surface area contributed by atoms with E-state index in [0.717, 1.165) is 24.7 Å². The van der Waals surface area contributed by atoms with Gasteiger partial charge in [-0.3, -0.25) is 0 Å². The summed E-state index contributed by atoms with van der Waals surface area (Å²) in [4.78, 5) is 0. The van der Waals surface area contributed by atoms with Gasteiger partial charge < -0.3 is 5.11 Å². The van der Waals surface area contributed by atoms with Crippen molar-refractivity contribution in [3.8, 4) is 0 Å². The Balaban J connectivity index is 2.01. The van der Waals surface area contributed by atoms with Crippen LogP contribution in [-0.2, 0) is 0 Å². The Hall–Kier alpha value is -0.820. The molecule has 1 fully saturated rings. The van der Waals surface area contributed by atoms with Crippen molar-refractivity contribution < 1.29 is 5.11 Å². The fourth-order valence-electron chi connectivity index (χ4n) is 2.82. The SMILES string of the molecule is CCCC/C=C\C[C@@H]1C[C@H]1C/C=C\C=C\[C@H](O)CCCCC. The summed E-state index contributed by atoms with van der Waals surface area (Å²) in [7, 11) is 0. The molecule has 1 saturated carbocycles. The van der Waals surface area contributed by atoms with Gasteiger partial charge in [0.05, 0.1) is 6.10 Å². The van der Waals surface area contributed by atoms with Crippen LogP contribution in [0.25, 0.3) is 0 Å². The largest absolute Gasteiger partial charge is 0.389 e. The number of hydrogen-bond donors (Lipinski definition) is 1. The van der Waals surface area contributed by atoms with Crippen LogP contribution in [0.4, 0.5) is 0 Å². The highest BCUT2D eigenvalue weighted by Gasteiger charge is 2.34. The van der Waals surface area contributed by atoms with Crippen LogP contribution >= 0.6 is 0 Å². The lowest BCUT2D eigenvalue weighted by molar-refractivity contribution is 0.208. The van der Waals surface area contributed by atoms with Crippen molar-refractivity contribution in [3.05, 3.63) is 36.5 Å². The molecule has 0 aromatic rings. The Morgan fingerprint density at radius 2 is 1.64 bits per heavy atom. The minimum atomic E-state index is -0.266. The molecule has 0 radical (unpaired) electrons. The van der Waals surface area contributed by atoms with E-state index in [2.05, 4.69) is 38.2 Å². The fraction of sp³-hybridized carbons (Fsp3) is 0.714. The molecule has 1 heteroatoms. The average molecular weight is 305 g/mol. The van der Waals surface area contributed by atoms with Crippen LogP contribution in [0.2, 0.25) is 0 Å². The lowest BCUT2D eigenvalue weighted by Gasteiger charge is -2.03. The molecule has 0 unspecified atom stereocenters. The van der Waals surface area contributed by atoms with Gasteiger partial charge in [0, 0.05) is 0 Å². The highest BCUT2D eigenvalue weighted by atomic mass is 16.3. The molecule has 1 aliphatic carbocycles. The number of allylic oxidation sites excluding steroid dienone is 5.